The number of hydrogen-bond acceptors (Lipinski definition) is 3. The van der Waals surface area contributed by atoms with Crippen LogP contribution in [0.15, 0.2) is 54.6 Å². The summed E-state index contributed by atoms with van der Waals surface area (Å²) in [5.74, 6) is -0.523. The molecule has 132 valence electrons. The number of carbonyl (C=O) groups excluding carboxylic acids is 2. The van der Waals surface area contributed by atoms with E-state index in [-0.39, 0.29) is 11.8 Å². The average molecular weight is 347 g/mol. The predicted octanol–water partition coefficient (Wildman–Crippen LogP) is 2.96. The Morgan fingerprint density at radius 3 is 2.73 bits per heavy atom. The summed E-state index contributed by atoms with van der Waals surface area (Å²) in [5.41, 5.74) is 1.67. The van der Waals surface area contributed by atoms with Crippen molar-refractivity contribution in [1.29, 1.82) is 0 Å². The van der Waals surface area contributed by atoms with Crippen molar-refractivity contribution in [1.82, 2.24) is 4.90 Å². The number of amides is 2. The highest BCUT2D eigenvalue weighted by Crippen LogP contribution is 2.55. The molecule has 0 unspecified atom stereocenters. The zero-order valence-corrected chi connectivity index (χ0v) is 14.4. The van der Waals surface area contributed by atoms with E-state index >= 15 is 0 Å². The maximum absolute atomic E-state index is 13.2. The summed E-state index contributed by atoms with van der Waals surface area (Å²) in [5, 5.41) is 6.06. The molecular formula is C21H21N3O2. The molecule has 2 aromatic rings. The summed E-state index contributed by atoms with van der Waals surface area (Å²) in [4.78, 5) is 28.8. The Balaban J connectivity index is 1.59. The van der Waals surface area contributed by atoms with Crippen LogP contribution in [0.25, 0.3) is 0 Å². The van der Waals surface area contributed by atoms with Gasteiger partial charge in [0.25, 0.3) is 0 Å². The predicted molar refractivity (Wildman–Crippen MR) is 99.7 cm³/mol. The second-order valence-corrected chi connectivity index (χ2v) is 7.40. The third-order valence-corrected chi connectivity index (χ3v) is 6.13. The third kappa shape index (κ3) is 2.01. The van der Waals surface area contributed by atoms with Crippen LogP contribution in [0.3, 0.4) is 0 Å². The van der Waals surface area contributed by atoms with Crippen LogP contribution < -0.4 is 10.6 Å². The number of carbonyl (C=O) groups is 2. The van der Waals surface area contributed by atoms with Crippen molar-refractivity contribution >= 4 is 23.2 Å². The largest absolute Gasteiger partial charge is 0.326 e. The number of nitrogens with one attached hydrogen (secondary N) is 2. The number of anilines is 2. The molecule has 2 saturated heterocycles. The average Bonchev–Trinajstić information content (AvgIpc) is 3.31. The molecule has 2 N–H and O–H groups in total. The Bertz CT molecular complexity index is 882. The van der Waals surface area contributed by atoms with Crippen LogP contribution >= 0.6 is 0 Å². The fraction of sp³-hybridized carbons (Fsp3) is 0.333. The molecule has 1 spiro atoms. The van der Waals surface area contributed by atoms with Gasteiger partial charge in [0.2, 0.25) is 11.8 Å². The van der Waals surface area contributed by atoms with Crippen molar-refractivity contribution in [2.24, 2.45) is 5.92 Å². The highest BCUT2D eigenvalue weighted by atomic mass is 16.2. The van der Waals surface area contributed by atoms with Crippen LogP contribution in [-0.2, 0) is 15.1 Å². The Hall–Kier alpha value is -2.66. The fourth-order valence-corrected chi connectivity index (χ4v) is 5.13. The minimum atomic E-state index is -0.878. The Morgan fingerprint density at radius 1 is 1.12 bits per heavy atom. The summed E-state index contributed by atoms with van der Waals surface area (Å²) < 4.78 is 0. The Kier molecular flexibility index (Phi) is 3.40. The SMILES string of the molecule is O=C(Nc1ccccc1)[C@@H]1C[C@@H]2CCCN2[C@]12C(=O)Nc1ccccc12. The van der Waals surface area contributed by atoms with E-state index in [1.165, 1.54) is 0 Å². The first-order valence-corrected chi connectivity index (χ1v) is 9.25. The first kappa shape index (κ1) is 15.6. The van der Waals surface area contributed by atoms with Crippen LogP contribution in [0, 0.1) is 5.92 Å². The van der Waals surface area contributed by atoms with Gasteiger partial charge < -0.3 is 10.6 Å². The number of benzene rings is 2. The summed E-state index contributed by atoms with van der Waals surface area (Å²) in [6, 6.07) is 17.6. The maximum Gasteiger partial charge on any atom is 0.250 e. The monoisotopic (exact) mass is 347 g/mol. The molecule has 2 aromatic carbocycles. The van der Waals surface area contributed by atoms with Crippen molar-refractivity contribution in [2.75, 3.05) is 17.2 Å². The van der Waals surface area contributed by atoms with Crippen LogP contribution in [-0.4, -0.2) is 29.3 Å². The van der Waals surface area contributed by atoms with Crippen molar-refractivity contribution < 1.29 is 9.59 Å². The molecular weight excluding hydrogens is 326 g/mol. The molecule has 0 bridgehead atoms. The van der Waals surface area contributed by atoms with Crippen LogP contribution in [0.4, 0.5) is 11.4 Å². The van der Waals surface area contributed by atoms with E-state index in [2.05, 4.69) is 15.5 Å². The minimum Gasteiger partial charge on any atom is -0.326 e. The number of fused-ring (bicyclic) bond motifs is 4. The molecule has 2 fully saturated rings. The van der Waals surface area contributed by atoms with E-state index in [1.807, 2.05) is 54.6 Å². The van der Waals surface area contributed by atoms with Gasteiger partial charge in [-0.25, -0.2) is 0 Å². The number of hydrogen-bond donors (Lipinski definition) is 2. The molecule has 3 heterocycles. The van der Waals surface area contributed by atoms with E-state index in [0.717, 1.165) is 42.7 Å². The molecule has 3 aliphatic rings. The summed E-state index contributed by atoms with van der Waals surface area (Å²) in [7, 11) is 0. The van der Waals surface area contributed by atoms with Gasteiger partial charge in [0, 0.05) is 23.0 Å². The van der Waals surface area contributed by atoms with Gasteiger partial charge in [-0.1, -0.05) is 36.4 Å². The van der Waals surface area contributed by atoms with Crippen molar-refractivity contribution in [3.05, 3.63) is 60.2 Å². The van der Waals surface area contributed by atoms with Crippen LogP contribution in [0.2, 0.25) is 0 Å². The Morgan fingerprint density at radius 2 is 1.88 bits per heavy atom. The molecule has 0 radical (unpaired) electrons. The zero-order valence-electron chi connectivity index (χ0n) is 14.4. The standard InChI is InChI=1S/C21H21N3O2/c25-19(22-14-7-2-1-3-8-14)17-13-15-9-6-12-24(15)21(17)16-10-4-5-11-18(16)23-20(21)26/h1-5,7-8,10-11,15,17H,6,9,12-13H2,(H,22,25)(H,23,26)/t15-,17-,21-/m0/s1. The van der Waals surface area contributed by atoms with E-state index in [4.69, 9.17) is 0 Å². The topological polar surface area (TPSA) is 61.4 Å². The number of nitrogens with zero attached hydrogens (tertiary/aromatic N) is 1. The van der Waals surface area contributed by atoms with Gasteiger partial charge in [0.05, 0.1) is 5.92 Å². The van der Waals surface area contributed by atoms with Gasteiger partial charge in [0.15, 0.2) is 0 Å². The molecule has 3 aliphatic heterocycles. The normalized spacial score (nSPS) is 29.5. The van der Waals surface area contributed by atoms with E-state index in [0.29, 0.717) is 6.04 Å². The summed E-state index contributed by atoms with van der Waals surface area (Å²) in [6.45, 7) is 0.863. The van der Waals surface area contributed by atoms with E-state index < -0.39 is 11.5 Å². The van der Waals surface area contributed by atoms with Gasteiger partial charge in [-0.05, 0) is 44.0 Å². The number of para-hydroxylation sites is 2. The lowest BCUT2D eigenvalue weighted by Crippen LogP contribution is -2.53. The molecule has 3 atom stereocenters. The fourth-order valence-electron chi connectivity index (χ4n) is 5.13. The molecule has 0 aromatic heterocycles. The van der Waals surface area contributed by atoms with Crippen LogP contribution in [0.5, 0.6) is 0 Å². The van der Waals surface area contributed by atoms with E-state index in [1.54, 1.807) is 0 Å². The molecule has 0 saturated carbocycles. The minimum absolute atomic E-state index is 0.0590. The Labute approximate surface area is 152 Å². The van der Waals surface area contributed by atoms with Gasteiger partial charge >= 0.3 is 0 Å². The lowest BCUT2D eigenvalue weighted by molar-refractivity contribution is -0.135. The summed E-state index contributed by atoms with van der Waals surface area (Å²) in [6.07, 6.45) is 2.85. The molecule has 5 nitrogen and oxygen atoms in total. The lowest BCUT2D eigenvalue weighted by Gasteiger charge is -2.36. The van der Waals surface area contributed by atoms with Crippen LogP contribution in [0.1, 0.15) is 24.8 Å². The smallest absolute Gasteiger partial charge is 0.250 e. The second-order valence-electron chi connectivity index (χ2n) is 7.40. The highest BCUT2D eigenvalue weighted by molar-refractivity contribution is 6.10. The first-order valence-electron chi connectivity index (χ1n) is 9.25. The first-order chi connectivity index (χ1) is 12.7. The van der Waals surface area contributed by atoms with Crippen molar-refractivity contribution in [3.8, 4) is 0 Å². The third-order valence-electron chi connectivity index (χ3n) is 6.13. The zero-order chi connectivity index (χ0) is 17.7. The summed E-state index contributed by atoms with van der Waals surface area (Å²) >= 11 is 0. The van der Waals surface area contributed by atoms with E-state index in [9.17, 15) is 9.59 Å². The second kappa shape index (κ2) is 5.68. The molecule has 0 aliphatic carbocycles. The van der Waals surface area contributed by atoms with Gasteiger partial charge in [-0.15, -0.1) is 0 Å². The van der Waals surface area contributed by atoms with Crippen molar-refractivity contribution in [2.45, 2.75) is 30.8 Å². The maximum atomic E-state index is 13.2. The quantitative estimate of drug-likeness (QED) is 0.878. The number of rotatable bonds is 2. The van der Waals surface area contributed by atoms with Gasteiger partial charge in [-0.3, -0.25) is 14.5 Å². The molecule has 2 amide bonds. The van der Waals surface area contributed by atoms with Gasteiger partial charge in [0.1, 0.15) is 5.54 Å². The van der Waals surface area contributed by atoms with Crippen molar-refractivity contribution in [3.63, 3.8) is 0 Å². The molecule has 5 rings (SSSR count). The molecule has 5 heteroatoms. The lowest BCUT2D eigenvalue weighted by atomic mass is 9.78. The van der Waals surface area contributed by atoms with Gasteiger partial charge in [-0.2, -0.15) is 0 Å². The molecule has 26 heavy (non-hydrogen) atoms. The highest BCUT2D eigenvalue weighted by Gasteiger charge is 2.65.